The van der Waals surface area contributed by atoms with Crippen LogP contribution >= 0.6 is 0 Å². The molecule has 0 radical (unpaired) electrons. The third kappa shape index (κ3) is 6.02. The van der Waals surface area contributed by atoms with Gasteiger partial charge < -0.3 is 9.47 Å². The first kappa shape index (κ1) is 44.3. The van der Waals surface area contributed by atoms with Crippen molar-refractivity contribution in [1.29, 1.82) is 0 Å². The van der Waals surface area contributed by atoms with Crippen molar-refractivity contribution in [3.05, 3.63) is 322 Å². The molecule has 11 aromatic rings. The molecule has 1 heterocycles. The molecule has 0 aliphatic heterocycles. The van der Waals surface area contributed by atoms with Crippen LogP contribution < -0.4 is 4.90 Å². The summed E-state index contributed by atoms with van der Waals surface area (Å²) in [5.74, 6) is 0.166. The summed E-state index contributed by atoms with van der Waals surface area (Å²) in [7, 11) is 0. The Morgan fingerprint density at radius 3 is 1.97 bits per heavy atom. The molecule has 0 saturated heterocycles. The predicted octanol–water partition coefficient (Wildman–Crippen LogP) is 18.6. The van der Waals surface area contributed by atoms with Gasteiger partial charge in [0, 0.05) is 38.9 Å². The number of aromatic nitrogens is 1. The van der Waals surface area contributed by atoms with Gasteiger partial charge in [0.25, 0.3) is 0 Å². The van der Waals surface area contributed by atoms with Gasteiger partial charge in [-0.1, -0.05) is 220 Å². The molecule has 1 aromatic heterocycles. The molecule has 16 rings (SSSR count). The van der Waals surface area contributed by atoms with Crippen molar-refractivity contribution in [2.45, 2.75) is 49.4 Å². The summed E-state index contributed by atoms with van der Waals surface area (Å²) in [6.07, 6.45) is 14.8. The number of para-hydroxylation sites is 1. The smallest absolute Gasteiger partial charge is 0.0719 e. The van der Waals surface area contributed by atoms with Crippen LogP contribution in [0.5, 0.6) is 0 Å². The highest BCUT2D eigenvalue weighted by molar-refractivity contribution is 6.11. The average molecular weight is 985 g/mol. The highest BCUT2D eigenvalue weighted by atomic mass is 15.2. The van der Waals surface area contributed by atoms with Gasteiger partial charge in [0.15, 0.2) is 0 Å². The van der Waals surface area contributed by atoms with E-state index in [1.54, 1.807) is 0 Å². The lowest BCUT2D eigenvalue weighted by Crippen LogP contribution is -2.47. The maximum Gasteiger partial charge on any atom is 0.0719 e. The summed E-state index contributed by atoms with van der Waals surface area (Å²) in [4.78, 5) is 2.59. The highest BCUT2D eigenvalue weighted by Gasteiger charge is 2.58. The molecule has 0 bridgehead atoms. The molecule has 2 heteroatoms. The van der Waals surface area contributed by atoms with Crippen LogP contribution in [0.15, 0.2) is 272 Å². The van der Waals surface area contributed by atoms with E-state index in [1.165, 1.54) is 122 Å². The summed E-state index contributed by atoms with van der Waals surface area (Å²) in [6, 6.07) is 87.9. The van der Waals surface area contributed by atoms with Crippen LogP contribution in [0, 0.1) is 5.92 Å². The van der Waals surface area contributed by atoms with E-state index < -0.39 is 10.8 Å². The van der Waals surface area contributed by atoms with Crippen LogP contribution in [0.3, 0.4) is 0 Å². The Balaban J connectivity index is 0.918. The summed E-state index contributed by atoms with van der Waals surface area (Å²) in [5.41, 5.74) is 24.2. The molecule has 77 heavy (non-hydrogen) atoms. The summed E-state index contributed by atoms with van der Waals surface area (Å²) < 4.78 is 2.46. The second-order valence-electron chi connectivity index (χ2n) is 22.6. The molecule has 10 aromatic carbocycles. The molecule has 3 atom stereocenters. The Bertz CT molecular complexity index is 4400. The maximum atomic E-state index is 2.59. The minimum atomic E-state index is -0.500. The van der Waals surface area contributed by atoms with Crippen LogP contribution in [0.2, 0.25) is 0 Å². The molecular weight excluding hydrogens is 929 g/mol. The molecule has 3 unspecified atom stereocenters. The van der Waals surface area contributed by atoms with E-state index in [4.69, 9.17) is 0 Å². The van der Waals surface area contributed by atoms with E-state index in [2.05, 4.69) is 284 Å². The van der Waals surface area contributed by atoms with Crippen molar-refractivity contribution in [2.24, 2.45) is 5.92 Å². The van der Waals surface area contributed by atoms with Crippen molar-refractivity contribution in [2.75, 3.05) is 4.90 Å². The van der Waals surface area contributed by atoms with Gasteiger partial charge in [0.2, 0.25) is 0 Å². The molecule has 5 aliphatic carbocycles. The minimum absolute atomic E-state index is 0.113. The van der Waals surface area contributed by atoms with Gasteiger partial charge in [-0.25, -0.2) is 0 Å². The first-order valence-corrected chi connectivity index (χ1v) is 27.7. The molecule has 0 saturated carbocycles. The Morgan fingerprint density at radius 2 is 1.14 bits per heavy atom. The number of nitrogens with zero attached hydrogens (tertiary/aromatic N) is 2. The summed E-state index contributed by atoms with van der Waals surface area (Å²) in [6.45, 7) is 4.84. The number of anilines is 2. The normalized spacial score (nSPS) is 20.2. The zero-order valence-corrected chi connectivity index (χ0v) is 43.4. The molecular formula is C75H56N2. The zero-order valence-electron chi connectivity index (χ0n) is 43.4. The van der Waals surface area contributed by atoms with E-state index in [0.29, 0.717) is 0 Å². The summed E-state index contributed by atoms with van der Waals surface area (Å²) >= 11 is 0. The fraction of sp³-hybridized carbons (Fsp3) is 0.120. The quantitative estimate of drug-likeness (QED) is 0.154. The predicted molar refractivity (Wildman–Crippen MR) is 321 cm³/mol. The third-order valence-electron chi connectivity index (χ3n) is 18.6. The second kappa shape index (κ2) is 16.5. The molecule has 0 N–H and O–H groups in total. The number of hydrogen-bond donors (Lipinski definition) is 0. The van der Waals surface area contributed by atoms with E-state index in [1.807, 2.05) is 0 Å². The number of benzene rings is 10. The number of fused-ring (bicyclic) bond motifs is 11. The summed E-state index contributed by atoms with van der Waals surface area (Å²) in [5, 5.41) is 4.98. The van der Waals surface area contributed by atoms with Gasteiger partial charge in [-0.05, 0) is 163 Å². The third-order valence-corrected chi connectivity index (χ3v) is 18.6. The van der Waals surface area contributed by atoms with Crippen molar-refractivity contribution in [1.82, 2.24) is 4.57 Å². The Kier molecular flexibility index (Phi) is 9.50. The monoisotopic (exact) mass is 984 g/mol. The fourth-order valence-electron chi connectivity index (χ4n) is 15.4. The fourth-order valence-corrected chi connectivity index (χ4v) is 15.4. The van der Waals surface area contributed by atoms with Gasteiger partial charge >= 0.3 is 0 Å². The zero-order chi connectivity index (χ0) is 51.0. The average Bonchev–Trinajstić information content (AvgIpc) is 3.71. The highest BCUT2D eigenvalue weighted by Crippen LogP contribution is 2.66. The number of rotatable bonds is 7. The minimum Gasteiger partial charge on any atom is -0.314 e. The SMILES string of the molecule is CC1(C)C2=C(CCC(N(c3ccc(C4(C5C=CC=CC5)c5ccccc5C5(c6ccccc6)c6ccccc6-c6cccc4c65)cc3)c3ccc4c(c3)c3ccccc3n4-c3ccc4ccccc4c3)=C2)c2ccccc21. The van der Waals surface area contributed by atoms with Crippen molar-refractivity contribution >= 4 is 49.5 Å². The largest absolute Gasteiger partial charge is 0.314 e. The molecule has 5 aliphatic rings. The Morgan fingerprint density at radius 1 is 0.468 bits per heavy atom. The molecule has 0 fully saturated rings. The second-order valence-corrected chi connectivity index (χ2v) is 22.6. The van der Waals surface area contributed by atoms with Crippen molar-refractivity contribution in [3.63, 3.8) is 0 Å². The van der Waals surface area contributed by atoms with Crippen LogP contribution in [0.1, 0.15) is 83.2 Å². The standard InChI is InChI=1S/C75H56N2/c1-73(2)64-30-14-11-26-58(64)60-44-42-57(48-69(60)73)76(56-43-45-71-63(47-56)61-28-13-18-35-70(61)77(71)55-39-36-49-20-9-10-21-50(49)46-55)54-40-37-53(38-41-54)74(51-22-5-3-6-23-51)66-32-16-17-33-67(66)75(52-24-7-4-8-25-52)65-31-15-12-27-59(65)62-29-19-34-68(74)72(62)75/h3-22,24-41,43,45-48,51H,23,42,44H2,1-2H3. The molecule has 366 valence electrons. The first-order chi connectivity index (χ1) is 38.0. The number of allylic oxidation sites excluding steroid dienone is 8. The van der Waals surface area contributed by atoms with Gasteiger partial charge in [-0.2, -0.15) is 0 Å². The Labute approximate surface area is 450 Å². The van der Waals surface area contributed by atoms with E-state index in [0.717, 1.165) is 24.9 Å². The van der Waals surface area contributed by atoms with E-state index >= 15 is 0 Å². The number of hydrogen-bond acceptors (Lipinski definition) is 1. The van der Waals surface area contributed by atoms with Gasteiger partial charge in [-0.3, -0.25) is 0 Å². The van der Waals surface area contributed by atoms with Gasteiger partial charge in [0.05, 0.1) is 21.9 Å². The topological polar surface area (TPSA) is 8.17 Å². The van der Waals surface area contributed by atoms with Crippen LogP contribution in [-0.4, -0.2) is 4.57 Å². The van der Waals surface area contributed by atoms with Crippen LogP contribution in [0.25, 0.3) is 55.0 Å². The van der Waals surface area contributed by atoms with E-state index in [-0.39, 0.29) is 11.3 Å². The van der Waals surface area contributed by atoms with E-state index in [9.17, 15) is 0 Å². The lowest BCUT2D eigenvalue weighted by molar-refractivity contribution is 0.424. The van der Waals surface area contributed by atoms with Crippen molar-refractivity contribution in [3.8, 4) is 16.8 Å². The van der Waals surface area contributed by atoms with Gasteiger partial charge in [-0.15, -0.1) is 0 Å². The maximum absolute atomic E-state index is 2.59. The van der Waals surface area contributed by atoms with Crippen molar-refractivity contribution < 1.29 is 0 Å². The molecule has 0 amide bonds. The molecule has 2 nitrogen and oxygen atoms in total. The van der Waals surface area contributed by atoms with Crippen LogP contribution in [-0.2, 0) is 16.2 Å². The molecule has 0 spiro atoms. The lowest BCUT2D eigenvalue weighted by atomic mass is 9.49. The van der Waals surface area contributed by atoms with Gasteiger partial charge in [0.1, 0.15) is 0 Å². The first-order valence-electron chi connectivity index (χ1n) is 27.7. The van der Waals surface area contributed by atoms with Crippen LogP contribution in [0.4, 0.5) is 11.4 Å². The Hall–Kier alpha value is -8.98. The lowest BCUT2D eigenvalue weighted by Gasteiger charge is -2.52.